The molecule has 47 heavy (non-hydrogen) atoms. The molecule has 3 saturated carbocycles. The molecule has 5 amide bonds. The lowest BCUT2D eigenvalue weighted by molar-refractivity contribution is -0.143. The molecule has 1 aromatic carbocycles. The molecule has 0 aromatic heterocycles. The van der Waals surface area contributed by atoms with Crippen LogP contribution in [0.3, 0.4) is 0 Å². The molecule has 4 aliphatic rings. The Kier molecular flexibility index (Phi) is 9.87. The third-order valence-corrected chi connectivity index (χ3v) is 10.6. The van der Waals surface area contributed by atoms with Crippen molar-refractivity contribution in [2.45, 2.75) is 104 Å². The maximum absolute atomic E-state index is 14.4. The number of carbonyl (C=O) groups excluding carboxylic acids is 5. The third-order valence-electron chi connectivity index (χ3n) is 10.6. The fourth-order valence-corrected chi connectivity index (χ4v) is 7.52. The fourth-order valence-electron chi connectivity index (χ4n) is 7.52. The maximum Gasteiger partial charge on any atom is 0.315 e. The summed E-state index contributed by atoms with van der Waals surface area (Å²) in [7, 11) is 0. The number of amides is 5. The minimum absolute atomic E-state index is 0.0895. The smallest absolute Gasteiger partial charge is 0.315 e. The molecule has 1 aromatic rings. The first-order valence-electron chi connectivity index (χ1n) is 17.0. The molecule has 1 unspecified atom stereocenters. The van der Waals surface area contributed by atoms with E-state index in [9.17, 15) is 24.0 Å². The lowest BCUT2D eigenvalue weighted by atomic mass is 9.82. The molecular weight excluding hydrogens is 598 g/mol. The Bertz CT molecular complexity index is 1410. The number of hydrogen-bond donors (Lipinski definition) is 4. The van der Waals surface area contributed by atoms with Crippen LogP contribution in [0.25, 0.3) is 0 Å². The number of primary amides is 1. The van der Waals surface area contributed by atoms with Crippen molar-refractivity contribution in [3.05, 3.63) is 47.7 Å². The van der Waals surface area contributed by atoms with E-state index in [-0.39, 0.29) is 34.8 Å². The summed E-state index contributed by atoms with van der Waals surface area (Å²) < 4.78 is 6.11. The molecule has 3 aliphatic carbocycles. The molecule has 11 nitrogen and oxygen atoms in total. The van der Waals surface area contributed by atoms with Crippen LogP contribution in [0.2, 0.25) is 0 Å². The number of fused-ring (bicyclic) bond motifs is 1. The molecular formula is C36H51N5O6. The minimum atomic E-state index is -1.15. The number of nitrogens with one attached hydrogen (secondary N) is 3. The Balaban J connectivity index is 1.30. The van der Waals surface area contributed by atoms with Gasteiger partial charge >= 0.3 is 6.03 Å². The first-order valence-corrected chi connectivity index (χ1v) is 17.0. The molecule has 0 bridgehead atoms. The molecule has 1 aliphatic heterocycles. The van der Waals surface area contributed by atoms with Crippen molar-refractivity contribution in [2.24, 2.45) is 34.3 Å². The Morgan fingerprint density at radius 3 is 2.30 bits per heavy atom. The summed E-state index contributed by atoms with van der Waals surface area (Å²) in [5.74, 6) is -2.92. The highest BCUT2D eigenvalue weighted by atomic mass is 16.5. The number of hydrogen-bond acceptors (Lipinski definition) is 6. The summed E-state index contributed by atoms with van der Waals surface area (Å²) in [6.07, 6.45) is 7.89. The van der Waals surface area contributed by atoms with Crippen molar-refractivity contribution >= 4 is 29.5 Å². The number of piperidine rings is 1. The number of benzene rings is 1. The standard InChI is InChI=1S/C36H51N5O6/c1-34(2,3)29(39-33(46)40-36(16-10-7-11-17-36)21-47-20-23-12-8-6-9-13-23)32(45)41-19-24-26(35(24,4)5)27(41)31(44)38-25(18-22-14-15-22)28(42)30(37)43/h6,8-9,12-13,18,22,24,26-27,29H,7,10-11,14-17,19-21H2,1-5H3,(H2,37,43)(H,38,44)(H2,39,40,46)/b25-18+/t24-,26-,27?,29+/m0/s1. The van der Waals surface area contributed by atoms with E-state index in [0.29, 0.717) is 19.8 Å². The van der Waals surface area contributed by atoms with Crippen molar-refractivity contribution in [2.75, 3.05) is 13.2 Å². The summed E-state index contributed by atoms with van der Waals surface area (Å²) in [6.45, 7) is 10.9. The monoisotopic (exact) mass is 649 g/mol. The number of ether oxygens (including phenoxy) is 1. The number of urea groups is 1. The molecule has 0 spiro atoms. The summed E-state index contributed by atoms with van der Waals surface area (Å²) >= 11 is 0. The van der Waals surface area contributed by atoms with Crippen molar-refractivity contribution in [1.82, 2.24) is 20.9 Å². The molecule has 0 radical (unpaired) electrons. The summed E-state index contributed by atoms with van der Waals surface area (Å²) in [4.78, 5) is 67.8. The van der Waals surface area contributed by atoms with Gasteiger partial charge in [0.1, 0.15) is 12.1 Å². The average molecular weight is 650 g/mol. The van der Waals surface area contributed by atoms with Crippen LogP contribution in [0, 0.1) is 28.6 Å². The summed E-state index contributed by atoms with van der Waals surface area (Å²) in [5.41, 5.74) is 4.80. The van der Waals surface area contributed by atoms with Crippen molar-refractivity contribution in [1.29, 1.82) is 0 Å². The van der Waals surface area contributed by atoms with Gasteiger partial charge in [0.05, 0.1) is 24.4 Å². The largest absolute Gasteiger partial charge is 0.374 e. The quantitative estimate of drug-likeness (QED) is 0.200. The van der Waals surface area contributed by atoms with Crippen LogP contribution in [-0.2, 0) is 30.5 Å². The summed E-state index contributed by atoms with van der Waals surface area (Å²) in [6, 6.07) is 7.65. The fraction of sp³-hybridized carbons (Fsp3) is 0.639. The average Bonchev–Trinajstić information content (AvgIpc) is 3.86. The molecule has 5 rings (SSSR count). The second-order valence-corrected chi connectivity index (χ2v) is 15.7. The topological polar surface area (TPSA) is 160 Å². The van der Waals surface area contributed by atoms with E-state index in [1.807, 2.05) is 51.1 Å². The van der Waals surface area contributed by atoms with Crippen LogP contribution in [0.1, 0.15) is 85.1 Å². The van der Waals surface area contributed by atoms with Crippen LogP contribution in [0.15, 0.2) is 42.1 Å². The van der Waals surface area contributed by atoms with E-state index in [4.69, 9.17) is 10.5 Å². The molecule has 256 valence electrons. The van der Waals surface area contributed by atoms with Crippen LogP contribution in [0.5, 0.6) is 0 Å². The number of nitrogens with two attached hydrogens (primary N) is 1. The zero-order chi connectivity index (χ0) is 34.1. The van der Waals surface area contributed by atoms with Crippen LogP contribution in [0.4, 0.5) is 4.79 Å². The van der Waals surface area contributed by atoms with Gasteiger partial charge < -0.3 is 31.3 Å². The Hall–Kier alpha value is -3.73. The van der Waals surface area contributed by atoms with E-state index in [1.165, 1.54) is 0 Å². The molecule has 4 fully saturated rings. The van der Waals surface area contributed by atoms with Crippen LogP contribution < -0.4 is 21.7 Å². The molecule has 4 atom stereocenters. The van der Waals surface area contributed by atoms with Crippen LogP contribution in [-0.4, -0.2) is 65.2 Å². The van der Waals surface area contributed by atoms with Gasteiger partial charge in [-0.15, -0.1) is 0 Å². The normalized spacial score (nSPS) is 25.3. The van der Waals surface area contributed by atoms with E-state index in [0.717, 1.165) is 50.5 Å². The lowest BCUT2D eigenvalue weighted by Gasteiger charge is -2.40. The van der Waals surface area contributed by atoms with Gasteiger partial charge in [0.25, 0.3) is 11.7 Å². The number of ketones is 1. The Labute approximate surface area is 277 Å². The summed E-state index contributed by atoms with van der Waals surface area (Å²) in [5, 5.41) is 8.83. The van der Waals surface area contributed by atoms with E-state index in [2.05, 4.69) is 29.8 Å². The van der Waals surface area contributed by atoms with Gasteiger partial charge in [0.2, 0.25) is 11.8 Å². The van der Waals surface area contributed by atoms with Gasteiger partial charge in [-0.3, -0.25) is 19.2 Å². The number of carbonyl (C=O) groups is 5. The highest BCUT2D eigenvalue weighted by Crippen LogP contribution is 2.65. The first-order chi connectivity index (χ1) is 22.1. The lowest BCUT2D eigenvalue weighted by Crippen LogP contribution is -2.63. The SMILES string of the molecule is CC(C)(C)[C@H](NC(=O)NC1(COCc2ccccc2)CCCCC1)C(=O)N1C[C@H]2[C@@H](C1C(=O)N/C(=C/C1CC1)C(=O)C(N)=O)C2(C)C. The maximum atomic E-state index is 14.4. The van der Waals surface area contributed by atoms with E-state index >= 15 is 0 Å². The predicted octanol–water partition coefficient (Wildman–Crippen LogP) is 3.57. The highest BCUT2D eigenvalue weighted by Gasteiger charge is 2.70. The number of nitrogens with zero attached hydrogens (tertiary/aromatic N) is 1. The van der Waals surface area contributed by atoms with Gasteiger partial charge in [0, 0.05) is 6.54 Å². The van der Waals surface area contributed by atoms with E-state index in [1.54, 1.807) is 11.0 Å². The van der Waals surface area contributed by atoms with Crippen molar-refractivity contribution < 1.29 is 28.7 Å². The second-order valence-electron chi connectivity index (χ2n) is 15.7. The number of likely N-dealkylation sites (tertiary alicyclic amines) is 1. The van der Waals surface area contributed by atoms with Crippen molar-refractivity contribution in [3.8, 4) is 0 Å². The third kappa shape index (κ3) is 7.88. The predicted molar refractivity (Wildman–Crippen MR) is 176 cm³/mol. The van der Waals surface area contributed by atoms with E-state index < -0.39 is 46.7 Å². The molecule has 11 heteroatoms. The molecule has 1 heterocycles. The number of Topliss-reactive ketones (excluding diaryl/α,β-unsaturated/α-hetero) is 1. The zero-order valence-electron chi connectivity index (χ0n) is 28.4. The minimum Gasteiger partial charge on any atom is -0.374 e. The van der Waals surface area contributed by atoms with Gasteiger partial charge in [-0.1, -0.05) is 90.3 Å². The number of rotatable bonds is 12. The van der Waals surface area contributed by atoms with Gasteiger partial charge in [-0.2, -0.15) is 0 Å². The molecule has 1 saturated heterocycles. The van der Waals surface area contributed by atoms with Gasteiger partial charge in [-0.25, -0.2) is 4.79 Å². The number of allylic oxidation sites excluding steroid dienone is 1. The zero-order valence-corrected chi connectivity index (χ0v) is 28.4. The Morgan fingerprint density at radius 2 is 1.70 bits per heavy atom. The first kappa shape index (κ1) is 34.6. The van der Waals surface area contributed by atoms with Gasteiger partial charge in [-0.05, 0) is 59.8 Å². The van der Waals surface area contributed by atoms with Crippen molar-refractivity contribution in [3.63, 3.8) is 0 Å². The van der Waals surface area contributed by atoms with Crippen LogP contribution >= 0.6 is 0 Å². The second kappa shape index (κ2) is 13.4. The Morgan fingerprint density at radius 1 is 1.04 bits per heavy atom. The highest BCUT2D eigenvalue weighted by molar-refractivity contribution is 6.42. The van der Waals surface area contributed by atoms with Gasteiger partial charge in [0.15, 0.2) is 0 Å². The molecule has 5 N–H and O–H groups in total.